The summed E-state index contributed by atoms with van der Waals surface area (Å²) in [5.74, 6) is 0.146. The molecule has 84 valence electrons. The number of nitrogens with one attached hydrogen (secondary N) is 1. The van der Waals surface area contributed by atoms with E-state index in [1.54, 1.807) is 12.1 Å². The molecular formula is C9H9N3O2S2. The monoisotopic (exact) mass is 255 g/mol. The maximum atomic E-state index is 11.8. The van der Waals surface area contributed by atoms with Crippen molar-refractivity contribution in [3.8, 4) is 5.75 Å². The highest BCUT2D eigenvalue weighted by Gasteiger charge is 2.07. The third kappa shape index (κ3) is 2.56. The van der Waals surface area contributed by atoms with Crippen LogP contribution in [-0.4, -0.2) is 19.5 Å². The Morgan fingerprint density at radius 2 is 2.00 bits per heavy atom. The first-order valence-corrected chi connectivity index (χ1v) is 6.39. The highest BCUT2D eigenvalue weighted by Crippen LogP contribution is 2.18. The summed E-state index contributed by atoms with van der Waals surface area (Å²) in [4.78, 5) is 0.575. The lowest BCUT2D eigenvalue weighted by Crippen LogP contribution is -2.04. The van der Waals surface area contributed by atoms with Crippen LogP contribution < -0.4 is 4.72 Å². The Morgan fingerprint density at radius 1 is 1.31 bits per heavy atom. The molecule has 5 nitrogen and oxygen atoms in total. The van der Waals surface area contributed by atoms with Crippen LogP contribution in [0.1, 0.15) is 5.01 Å². The molecule has 1 atom stereocenters. The lowest BCUT2D eigenvalue weighted by Gasteiger charge is -2.01. The number of aryl methyl sites for hydroxylation is 1. The molecule has 7 heteroatoms. The summed E-state index contributed by atoms with van der Waals surface area (Å²) >= 11 is 1.34. The van der Waals surface area contributed by atoms with E-state index in [0.29, 0.717) is 10.0 Å². The maximum absolute atomic E-state index is 11.8. The molecule has 0 amide bonds. The van der Waals surface area contributed by atoms with E-state index in [-0.39, 0.29) is 5.75 Å². The maximum Gasteiger partial charge on any atom is 0.217 e. The number of phenolic OH excluding ortho intramolecular Hbond substituents is 1. The van der Waals surface area contributed by atoms with Crippen LogP contribution in [0.3, 0.4) is 0 Å². The summed E-state index contributed by atoms with van der Waals surface area (Å²) < 4.78 is 14.5. The van der Waals surface area contributed by atoms with Crippen LogP contribution in [0.5, 0.6) is 5.75 Å². The summed E-state index contributed by atoms with van der Waals surface area (Å²) in [5.41, 5.74) is 0. The molecule has 16 heavy (non-hydrogen) atoms. The molecule has 1 aromatic carbocycles. The zero-order valence-corrected chi connectivity index (χ0v) is 10.0. The second-order valence-corrected chi connectivity index (χ2v) is 5.39. The number of hydrogen-bond acceptors (Lipinski definition) is 5. The highest BCUT2D eigenvalue weighted by molar-refractivity contribution is 7.86. The molecule has 2 N–H and O–H groups in total. The largest absolute Gasteiger partial charge is 0.508 e. The van der Waals surface area contributed by atoms with E-state index in [1.807, 2.05) is 6.92 Å². The van der Waals surface area contributed by atoms with E-state index in [0.717, 1.165) is 5.01 Å². The van der Waals surface area contributed by atoms with Crippen LogP contribution in [0.15, 0.2) is 29.2 Å². The molecular weight excluding hydrogens is 246 g/mol. The number of nitrogens with zero attached hydrogens (tertiary/aromatic N) is 2. The predicted octanol–water partition coefficient (Wildman–Crippen LogP) is 1.69. The Balaban J connectivity index is 2.11. The molecule has 2 rings (SSSR count). The zero-order chi connectivity index (χ0) is 11.5. The van der Waals surface area contributed by atoms with Gasteiger partial charge in [0.15, 0.2) is 11.0 Å². The molecule has 0 saturated carbocycles. The molecule has 1 aromatic heterocycles. The number of anilines is 1. The van der Waals surface area contributed by atoms with Gasteiger partial charge in [0.1, 0.15) is 10.8 Å². The van der Waals surface area contributed by atoms with Gasteiger partial charge >= 0.3 is 0 Å². The standard InChI is InChI=1S/C9H9N3O2S2/c1-6-10-11-9(15-6)12-16(14)8-4-2-7(13)3-5-8/h2-5,13H,1H3,(H,11,12). The van der Waals surface area contributed by atoms with Crippen molar-refractivity contribution in [1.29, 1.82) is 0 Å². The minimum atomic E-state index is -1.38. The fraction of sp³-hybridized carbons (Fsp3) is 0.111. The molecule has 2 aromatic rings. The number of phenols is 1. The van der Waals surface area contributed by atoms with Crippen molar-refractivity contribution in [3.63, 3.8) is 0 Å². The van der Waals surface area contributed by atoms with Crippen LogP contribution >= 0.6 is 11.3 Å². The van der Waals surface area contributed by atoms with Crippen molar-refractivity contribution in [2.75, 3.05) is 4.72 Å². The SMILES string of the molecule is Cc1nnc(NS(=O)c2ccc(O)cc2)s1. The van der Waals surface area contributed by atoms with Gasteiger partial charge in [-0.05, 0) is 31.2 Å². The van der Waals surface area contributed by atoms with E-state index in [4.69, 9.17) is 5.11 Å². The normalized spacial score (nSPS) is 12.3. The molecule has 0 aliphatic heterocycles. The van der Waals surface area contributed by atoms with Crippen LogP contribution in [0, 0.1) is 6.92 Å². The Morgan fingerprint density at radius 3 is 2.56 bits per heavy atom. The van der Waals surface area contributed by atoms with Crippen LogP contribution in [0.25, 0.3) is 0 Å². The number of aromatic nitrogens is 2. The second kappa shape index (κ2) is 4.58. The Hall–Kier alpha value is -1.47. The molecule has 1 unspecified atom stereocenters. The van der Waals surface area contributed by atoms with Gasteiger partial charge in [0, 0.05) is 0 Å². The second-order valence-electron chi connectivity index (χ2n) is 2.99. The lowest BCUT2D eigenvalue weighted by atomic mass is 10.3. The summed E-state index contributed by atoms with van der Waals surface area (Å²) in [6, 6.07) is 6.15. The molecule has 0 saturated heterocycles. The van der Waals surface area contributed by atoms with Gasteiger partial charge in [0.25, 0.3) is 0 Å². The van der Waals surface area contributed by atoms with E-state index in [2.05, 4.69) is 14.9 Å². The molecule has 0 fully saturated rings. The smallest absolute Gasteiger partial charge is 0.217 e. The number of rotatable bonds is 3. The van der Waals surface area contributed by atoms with Crippen molar-refractivity contribution < 1.29 is 9.32 Å². The Bertz CT molecular complexity index is 510. The summed E-state index contributed by atoms with van der Waals surface area (Å²) in [5, 5.41) is 18.0. The van der Waals surface area contributed by atoms with Crippen LogP contribution in [0.2, 0.25) is 0 Å². The zero-order valence-electron chi connectivity index (χ0n) is 8.38. The van der Waals surface area contributed by atoms with Gasteiger partial charge in [0.05, 0.1) is 4.90 Å². The van der Waals surface area contributed by atoms with Crippen molar-refractivity contribution in [2.24, 2.45) is 0 Å². The first-order chi connectivity index (χ1) is 7.65. The number of benzene rings is 1. The molecule has 0 aliphatic rings. The van der Waals surface area contributed by atoms with Crippen molar-refractivity contribution in [3.05, 3.63) is 29.3 Å². The average molecular weight is 255 g/mol. The van der Waals surface area contributed by atoms with E-state index < -0.39 is 11.0 Å². The quantitative estimate of drug-likeness (QED) is 0.875. The Kier molecular flexibility index (Phi) is 3.16. The number of hydrogen-bond donors (Lipinski definition) is 2. The van der Waals surface area contributed by atoms with Gasteiger partial charge in [-0.2, -0.15) is 0 Å². The molecule has 0 spiro atoms. The van der Waals surface area contributed by atoms with Gasteiger partial charge in [-0.15, -0.1) is 10.2 Å². The van der Waals surface area contributed by atoms with Crippen molar-refractivity contribution in [2.45, 2.75) is 11.8 Å². The average Bonchev–Trinajstić information content (AvgIpc) is 2.65. The van der Waals surface area contributed by atoms with Crippen LogP contribution in [-0.2, 0) is 11.0 Å². The summed E-state index contributed by atoms with van der Waals surface area (Å²) in [7, 11) is -1.38. The van der Waals surface area contributed by atoms with E-state index in [1.165, 1.54) is 23.5 Å². The van der Waals surface area contributed by atoms with Gasteiger partial charge in [-0.1, -0.05) is 11.3 Å². The Labute approximate surface area is 98.8 Å². The van der Waals surface area contributed by atoms with E-state index in [9.17, 15) is 4.21 Å². The van der Waals surface area contributed by atoms with Gasteiger partial charge in [0.2, 0.25) is 5.13 Å². The van der Waals surface area contributed by atoms with E-state index >= 15 is 0 Å². The minimum Gasteiger partial charge on any atom is -0.508 e. The molecule has 0 radical (unpaired) electrons. The third-order valence-corrected chi connectivity index (χ3v) is 3.72. The van der Waals surface area contributed by atoms with Crippen molar-refractivity contribution in [1.82, 2.24) is 10.2 Å². The van der Waals surface area contributed by atoms with Gasteiger partial charge < -0.3 is 5.11 Å². The lowest BCUT2D eigenvalue weighted by molar-refractivity contribution is 0.475. The highest BCUT2D eigenvalue weighted by atomic mass is 32.2. The molecule has 1 heterocycles. The van der Waals surface area contributed by atoms with Crippen LogP contribution in [0.4, 0.5) is 5.13 Å². The molecule has 0 bridgehead atoms. The summed E-state index contributed by atoms with van der Waals surface area (Å²) in [6.07, 6.45) is 0. The predicted molar refractivity (Wildman–Crippen MR) is 62.8 cm³/mol. The fourth-order valence-corrected chi connectivity index (χ4v) is 2.58. The topological polar surface area (TPSA) is 75.1 Å². The number of aromatic hydroxyl groups is 1. The third-order valence-electron chi connectivity index (χ3n) is 1.76. The summed E-state index contributed by atoms with van der Waals surface area (Å²) in [6.45, 7) is 1.83. The fourth-order valence-electron chi connectivity index (χ4n) is 1.05. The van der Waals surface area contributed by atoms with Crippen molar-refractivity contribution >= 4 is 27.5 Å². The van der Waals surface area contributed by atoms with Gasteiger partial charge in [-0.25, -0.2) is 4.21 Å². The minimum absolute atomic E-state index is 0.146. The molecule has 0 aliphatic carbocycles. The van der Waals surface area contributed by atoms with Gasteiger partial charge in [-0.3, -0.25) is 4.72 Å². The first-order valence-electron chi connectivity index (χ1n) is 4.43. The first kappa shape index (κ1) is 11.0.